The van der Waals surface area contributed by atoms with E-state index < -0.39 is 6.17 Å². The van der Waals surface area contributed by atoms with Crippen molar-refractivity contribution in [3.63, 3.8) is 0 Å². The van der Waals surface area contributed by atoms with Crippen LogP contribution in [-0.4, -0.2) is 44.2 Å². The zero-order valence-corrected chi connectivity index (χ0v) is 15.3. The van der Waals surface area contributed by atoms with Crippen molar-refractivity contribution < 1.29 is 9.18 Å². The predicted molar refractivity (Wildman–Crippen MR) is 101 cm³/mol. The van der Waals surface area contributed by atoms with Crippen LogP contribution in [0.5, 0.6) is 0 Å². The molecule has 0 spiro atoms. The first-order valence-electron chi connectivity index (χ1n) is 9.01. The summed E-state index contributed by atoms with van der Waals surface area (Å²) in [6, 6.07) is 10.3. The molecule has 4 rings (SSSR count). The number of likely N-dealkylation sites (tertiary alicyclic amines) is 1. The van der Waals surface area contributed by atoms with E-state index >= 15 is 0 Å². The summed E-state index contributed by atoms with van der Waals surface area (Å²) < 4.78 is 16.2. The van der Waals surface area contributed by atoms with Gasteiger partial charge >= 0.3 is 5.69 Å². The van der Waals surface area contributed by atoms with Gasteiger partial charge in [0, 0.05) is 26.3 Å². The molecule has 1 amide bonds. The van der Waals surface area contributed by atoms with Gasteiger partial charge in [0.2, 0.25) is 0 Å². The number of imidazole rings is 1. The highest BCUT2D eigenvalue weighted by Crippen LogP contribution is 2.20. The lowest BCUT2D eigenvalue weighted by Gasteiger charge is -2.28. The Morgan fingerprint density at radius 3 is 2.57 bits per heavy atom. The van der Waals surface area contributed by atoms with Crippen molar-refractivity contribution in [2.24, 2.45) is 7.05 Å². The number of fused-ring (bicyclic) bond motifs is 1. The van der Waals surface area contributed by atoms with Crippen LogP contribution in [0, 0.1) is 11.3 Å². The van der Waals surface area contributed by atoms with E-state index in [4.69, 9.17) is 5.26 Å². The lowest BCUT2D eigenvalue weighted by molar-refractivity contribution is 0.0666. The van der Waals surface area contributed by atoms with Gasteiger partial charge in [0.1, 0.15) is 6.17 Å². The highest BCUT2D eigenvalue weighted by atomic mass is 19.1. The molecule has 0 aliphatic carbocycles. The molecule has 0 radical (unpaired) electrons. The number of aryl methyl sites for hydroxylation is 1. The van der Waals surface area contributed by atoms with Gasteiger partial charge in [0.25, 0.3) is 5.91 Å². The Kier molecular flexibility index (Phi) is 4.43. The molecular formula is C20H18FN5O2. The number of nitriles is 1. The fourth-order valence-corrected chi connectivity index (χ4v) is 3.48. The minimum absolute atomic E-state index is 0.208. The molecule has 0 saturated carbocycles. The van der Waals surface area contributed by atoms with E-state index in [-0.39, 0.29) is 11.6 Å². The quantitative estimate of drug-likeness (QED) is 0.683. The average Bonchev–Trinajstić information content (AvgIpc) is 2.98. The Hall–Kier alpha value is -3.47. The van der Waals surface area contributed by atoms with Crippen molar-refractivity contribution >= 4 is 17.1 Å². The van der Waals surface area contributed by atoms with Crippen LogP contribution in [0.15, 0.2) is 41.3 Å². The Bertz CT molecular complexity index is 1150. The Labute approximate surface area is 160 Å². The molecule has 1 aromatic carbocycles. The average molecular weight is 379 g/mol. The summed E-state index contributed by atoms with van der Waals surface area (Å²) in [5, 5.41) is 8.94. The van der Waals surface area contributed by atoms with Gasteiger partial charge < -0.3 is 4.90 Å². The second kappa shape index (κ2) is 6.93. The summed E-state index contributed by atoms with van der Waals surface area (Å²) in [7, 11) is 1.62. The normalized spacial score (nSPS) is 15.0. The Morgan fingerprint density at radius 1 is 1.25 bits per heavy atom. The van der Waals surface area contributed by atoms with Crippen LogP contribution in [-0.2, 0) is 7.05 Å². The number of hydrogen-bond acceptors (Lipinski definition) is 4. The standard InChI is InChI=1S/C20H18FN5O2/c1-24-17-10-14(19(27)25-8-6-15(21)7-9-25)12-23-18(17)26(20(24)28)16-4-2-13(11-22)3-5-16/h2-5,10,12,15H,6-9H2,1H3. The second-order valence-electron chi connectivity index (χ2n) is 6.87. The highest BCUT2D eigenvalue weighted by molar-refractivity contribution is 5.96. The summed E-state index contributed by atoms with van der Waals surface area (Å²) in [4.78, 5) is 31.5. The van der Waals surface area contributed by atoms with Crippen LogP contribution in [0.25, 0.3) is 16.9 Å². The van der Waals surface area contributed by atoms with Gasteiger partial charge in [0.05, 0.1) is 28.4 Å². The number of carbonyl (C=O) groups is 1. The maximum atomic E-state index is 13.3. The van der Waals surface area contributed by atoms with Gasteiger partial charge in [-0.15, -0.1) is 0 Å². The summed E-state index contributed by atoms with van der Waals surface area (Å²) in [6.45, 7) is 0.756. The van der Waals surface area contributed by atoms with Gasteiger partial charge in [0.15, 0.2) is 5.65 Å². The molecular weight excluding hydrogens is 361 g/mol. The van der Waals surface area contributed by atoms with Crippen molar-refractivity contribution in [1.82, 2.24) is 19.0 Å². The number of rotatable bonds is 2. The molecule has 0 unspecified atom stereocenters. The predicted octanol–water partition coefficient (Wildman–Crippen LogP) is 2.17. The summed E-state index contributed by atoms with van der Waals surface area (Å²) >= 11 is 0. The monoisotopic (exact) mass is 379 g/mol. The number of carbonyl (C=O) groups excluding carboxylic acids is 1. The molecule has 1 fully saturated rings. The van der Waals surface area contributed by atoms with Crippen LogP contribution in [0.2, 0.25) is 0 Å². The van der Waals surface area contributed by atoms with Gasteiger partial charge in [-0.2, -0.15) is 5.26 Å². The largest absolute Gasteiger partial charge is 0.338 e. The van der Waals surface area contributed by atoms with Gasteiger partial charge in [-0.05, 0) is 43.2 Å². The third-order valence-electron chi connectivity index (χ3n) is 5.11. The molecule has 2 aromatic heterocycles. The number of benzene rings is 1. The molecule has 1 aliphatic heterocycles. The van der Waals surface area contributed by atoms with Gasteiger partial charge in [-0.25, -0.2) is 18.7 Å². The van der Waals surface area contributed by atoms with E-state index in [1.807, 2.05) is 6.07 Å². The molecule has 1 aliphatic rings. The molecule has 3 aromatic rings. The molecule has 8 heteroatoms. The number of amides is 1. The first kappa shape index (κ1) is 17.9. The van der Waals surface area contributed by atoms with E-state index in [0.717, 1.165) is 0 Å². The second-order valence-corrected chi connectivity index (χ2v) is 6.87. The number of hydrogen-bond donors (Lipinski definition) is 0. The number of aromatic nitrogens is 3. The number of nitrogens with zero attached hydrogens (tertiary/aromatic N) is 5. The van der Waals surface area contributed by atoms with E-state index in [2.05, 4.69) is 4.98 Å². The summed E-state index contributed by atoms with van der Waals surface area (Å²) in [5.41, 5.74) is 2.12. The van der Waals surface area contributed by atoms with E-state index in [9.17, 15) is 14.0 Å². The number of pyridine rings is 1. The Morgan fingerprint density at radius 2 is 1.93 bits per heavy atom. The molecule has 28 heavy (non-hydrogen) atoms. The molecule has 0 N–H and O–H groups in total. The minimum atomic E-state index is -0.855. The van der Waals surface area contributed by atoms with Crippen LogP contribution in [0.3, 0.4) is 0 Å². The fourth-order valence-electron chi connectivity index (χ4n) is 3.48. The lowest BCUT2D eigenvalue weighted by Crippen LogP contribution is -2.39. The number of halogens is 1. The van der Waals surface area contributed by atoms with Crippen molar-refractivity contribution in [3.05, 3.63) is 58.1 Å². The highest BCUT2D eigenvalue weighted by Gasteiger charge is 2.24. The third kappa shape index (κ3) is 2.95. The maximum Gasteiger partial charge on any atom is 0.334 e. The SMILES string of the molecule is Cn1c(=O)n(-c2ccc(C#N)cc2)c2ncc(C(=O)N3CCC(F)CC3)cc21. The van der Waals surface area contributed by atoms with E-state index in [1.165, 1.54) is 15.3 Å². The van der Waals surface area contributed by atoms with Crippen molar-refractivity contribution in [3.8, 4) is 11.8 Å². The maximum absolute atomic E-state index is 13.3. The first-order valence-corrected chi connectivity index (χ1v) is 9.01. The smallest absolute Gasteiger partial charge is 0.334 e. The lowest BCUT2D eigenvalue weighted by atomic mass is 10.1. The Balaban J connectivity index is 1.75. The summed E-state index contributed by atoms with van der Waals surface area (Å²) in [6.07, 6.45) is 1.28. The topological polar surface area (TPSA) is 83.9 Å². The van der Waals surface area contributed by atoms with Gasteiger partial charge in [-0.1, -0.05) is 0 Å². The number of piperidine rings is 1. The van der Waals surface area contributed by atoms with Crippen molar-refractivity contribution in [1.29, 1.82) is 5.26 Å². The summed E-state index contributed by atoms with van der Waals surface area (Å²) in [5.74, 6) is -0.208. The number of alkyl halides is 1. The molecule has 3 heterocycles. The zero-order valence-electron chi connectivity index (χ0n) is 15.3. The molecule has 0 bridgehead atoms. The van der Waals surface area contributed by atoms with Crippen LogP contribution in [0.1, 0.15) is 28.8 Å². The van der Waals surface area contributed by atoms with E-state index in [0.29, 0.717) is 53.9 Å². The van der Waals surface area contributed by atoms with E-state index in [1.54, 1.807) is 42.3 Å². The fraction of sp³-hybridized carbons (Fsp3) is 0.300. The van der Waals surface area contributed by atoms with Gasteiger partial charge in [-0.3, -0.25) is 9.36 Å². The van der Waals surface area contributed by atoms with Crippen LogP contribution >= 0.6 is 0 Å². The van der Waals surface area contributed by atoms with Crippen LogP contribution in [0.4, 0.5) is 4.39 Å². The molecule has 142 valence electrons. The molecule has 1 saturated heterocycles. The molecule has 0 atom stereocenters. The zero-order chi connectivity index (χ0) is 19.8. The minimum Gasteiger partial charge on any atom is -0.338 e. The third-order valence-corrected chi connectivity index (χ3v) is 5.11. The first-order chi connectivity index (χ1) is 13.5. The van der Waals surface area contributed by atoms with Crippen molar-refractivity contribution in [2.45, 2.75) is 19.0 Å². The van der Waals surface area contributed by atoms with Crippen LogP contribution < -0.4 is 5.69 Å². The molecule has 7 nitrogen and oxygen atoms in total. The van der Waals surface area contributed by atoms with Crippen molar-refractivity contribution in [2.75, 3.05) is 13.1 Å².